The summed E-state index contributed by atoms with van der Waals surface area (Å²) in [7, 11) is -2.57. The van der Waals surface area contributed by atoms with Crippen molar-refractivity contribution in [1.29, 1.82) is 0 Å². The van der Waals surface area contributed by atoms with Gasteiger partial charge in [-0.15, -0.1) is 12.3 Å². The highest BCUT2D eigenvalue weighted by Gasteiger charge is 2.50. The van der Waals surface area contributed by atoms with Gasteiger partial charge < -0.3 is 9.53 Å². The van der Waals surface area contributed by atoms with Gasteiger partial charge in [0.25, 0.3) is 8.32 Å². The van der Waals surface area contributed by atoms with E-state index in [1.165, 1.54) is 10.4 Å². The molecule has 0 spiro atoms. The molecule has 0 amide bonds. The van der Waals surface area contributed by atoms with Crippen molar-refractivity contribution < 1.29 is 9.53 Å². The molecule has 3 heteroatoms. The van der Waals surface area contributed by atoms with E-state index >= 15 is 0 Å². The number of rotatable bonds is 7. The summed E-state index contributed by atoms with van der Waals surface area (Å²) in [5.74, 6) is 2.41. The number of hydrogen-bond acceptors (Lipinski definition) is 2. The van der Waals surface area contributed by atoms with Crippen LogP contribution in [0.15, 0.2) is 60.7 Å². The molecule has 144 valence electrons. The van der Waals surface area contributed by atoms with Crippen LogP contribution in [0.25, 0.3) is 0 Å². The molecule has 0 saturated heterocycles. The molecule has 0 saturated carbocycles. The Bertz CT molecular complexity index is 704. The summed E-state index contributed by atoms with van der Waals surface area (Å²) in [6, 6.07) is 21.1. The standard InChI is InChI=1S/C24H32O2Si/c1-7-19(2)23(25)20(3)18-26-27(24(4,5)6,21-14-10-8-11-15-21)22-16-12-9-13-17-22/h1,8-17,19-20,23,25H,18H2,2-6H3/t19-,20+,23-/m0/s1. The van der Waals surface area contributed by atoms with Crippen LogP contribution >= 0.6 is 0 Å². The molecule has 0 aliphatic heterocycles. The van der Waals surface area contributed by atoms with Gasteiger partial charge in [-0.25, -0.2) is 0 Å². The first-order chi connectivity index (χ1) is 12.7. The van der Waals surface area contributed by atoms with Crippen molar-refractivity contribution in [2.75, 3.05) is 6.61 Å². The Hall–Kier alpha value is -1.86. The molecule has 0 bridgehead atoms. The first kappa shape index (κ1) is 21.4. The number of aliphatic hydroxyl groups excluding tert-OH is 1. The molecule has 0 aliphatic rings. The number of aliphatic hydroxyl groups is 1. The minimum absolute atomic E-state index is 0.0438. The largest absolute Gasteiger partial charge is 0.407 e. The van der Waals surface area contributed by atoms with Gasteiger partial charge in [0.05, 0.1) is 6.10 Å². The summed E-state index contributed by atoms with van der Waals surface area (Å²) in [5, 5.41) is 12.9. The lowest BCUT2D eigenvalue weighted by molar-refractivity contribution is 0.0577. The Kier molecular flexibility index (Phi) is 7.05. The molecule has 0 aromatic heterocycles. The van der Waals surface area contributed by atoms with Crippen LogP contribution in [0.4, 0.5) is 0 Å². The Morgan fingerprint density at radius 1 is 0.963 bits per heavy atom. The zero-order chi connectivity index (χ0) is 20.1. The molecule has 2 nitrogen and oxygen atoms in total. The zero-order valence-electron chi connectivity index (χ0n) is 17.1. The second-order valence-corrected chi connectivity index (χ2v) is 12.7. The fourth-order valence-electron chi connectivity index (χ4n) is 3.71. The van der Waals surface area contributed by atoms with Gasteiger partial charge in [0.2, 0.25) is 0 Å². The van der Waals surface area contributed by atoms with Crippen LogP contribution in [-0.2, 0) is 4.43 Å². The maximum atomic E-state index is 10.5. The predicted octanol–water partition coefficient (Wildman–Crippen LogP) is 3.83. The lowest BCUT2D eigenvalue weighted by Crippen LogP contribution is -2.67. The normalized spacial score (nSPS) is 15.6. The molecule has 27 heavy (non-hydrogen) atoms. The zero-order valence-corrected chi connectivity index (χ0v) is 18.1. The van der Waals surface area contributed by atoms with E-state index in [0.29, 0.717) is 6.61 Å². The highest BCUT2D eigenvalue weighted by atomic mass is 28.4. The highest BCUT2D eigenvalue weighted by molar-refractivity contribution is 6.99. The van der Waals surface area contributed by atoms with Gasteiger partial charge in [-0.2, -0.15) is 0 Å². The fourth-order valence-corrected chi connectivity index (χ4v) is 8.38. The maximum absolute atomic E-state index is 10.5. The van der Waals surface area contributed by atoms with Crippen molar-refractivity contribution in [3.63, 3.8) is 0 Å². The molecule has 1 N–H and O–H groups in total. The second kappa shape index (κ2) is 8.88. The molecular weight excluding hydrogens is 348 g/mol. The third-order valence-corrected chi connectivity index (χ3v) is 10.3. The molecule has 0 radical (unpaired) electrons. The Balaban J connectivity index is 2.49. The maximum Gasteiger partial charge on any atom is 0.261 e. The molecule has 2 aromatic carbocycles. The van der Waals surface area contributed by atoms with Crippen LogP contribution in [0.2, 0.25) is 5.04 Å². The number of terminal acetylenes is 1. The molecule has 2 aromatic rings. The minimum Gasteiger partial charge on any atom is -0.407 e. The second-order valence-electron chi connectivity index (χ2n) is 8.40. The summed E-state index contributed by atoms with van der Waals surface area (Å²) >= 11 is 0. The van der Waals surface area contributed by atoms with Crippen LogP contribution in [0.3, 0.4) is 0 Å². The molecule has 2 rings (SSSR count). The van der Waals surface area contributed by atoms with E-state index in [-0.39, 0.29) is 16.9 Å². The predicted molar refractivity (Wildman–Crippen MR) is 117 cm³/mol. The van der Waals surface area contributed by atoms with Crippen molar-refractivity contribution in [3.8, 4) is 12.3 Å². The topological polar surface area (TPSA) is 29.5 Å². The van der Waals surface area contributed by atoms with Crippen molar-refractivity contribution in [3.05, 3.63) is 60.7 Å². The van der Waals surface area contributed by atoms with Crippen molar-refractivity contribution >= 4 is 18.7 Å². The van der Waals surface area contributed by atoms with E-state index in [4.69, 9.17) is 10.8 Å². The lowest BCUT2D eigenvalue weighted by atomic mass is 9.95. The average Bonchev–Trinajstić information content (AvgIpc) is 2.67. The van der Waals surface area contributed by atoms with Gasteiger partial charge in [-0.05, 0) is 22.3 Å². The summed E-state index contributed by atoms with van der Waals surface area (Å²) < 4.78 is 6.85. The first-order valence-electron chi connectivity index (χ1n) is 9.63. The fraction of sp³-hybridized carbons (Fsp3) is 0.417. The minimum atomic E-state index is -2.57. The van der Waals surface area contributed by atoms with Gasteiger partial charge in [0.15, 0.2) is 0 Å². The summed E-state index contributed by atoms with van der Waals surface area (Å²) in [5.41, 5.74) is 0. The molecule has 0 heterocycles. The molecule has 0 aliphatic carbocycles. The van der Waals surface area contributed by atoms with E-state index in [1.807, 2.05) is 26.0 Å². The van der Waals surface area contributed by atoms with Gasteiger partial charge in [0, 0.05) is 18.4 Å². The van der Waals surface area contributed by atoms with Crippen LogP contribution in [0.5, 0.6) is 0 Å². The van der Waals surface area contributed by atoms with Crippen LogP contribution in [0, 0.1) is 24.2 Å². The highest BCUT2D eigenvalue weighted by Crippen LogP contribution is 2.37. The smallest absolute Gasteiger partial charge is 0.261 e. The van der Waals surface area contributed by atoms with E-state index in [0.717, 1.165) is 0 Å². The van der Waals surface area contributed by atoms with E-state index in [9.17, 15) is 5.11 Å². The van der Waals surface area contributed by atoms with E-state index in [2.05, 4.69) is 75.2 Å². The SMILES string of the molecule is C#C[C@H](C)[C@H](O)[C@H](C)CO[Si](c1ccccc1)(c1ccccc1)C(C)(C)C. The third-order valence-electron chi connectivity index (χ3n) is 5.34. The van der Waals surface area contributed by atoms with Crippen LogP contribution in [0.1, 0.15) is 34.6 Å². The quantitative estimate of drug-likeness (QED) is 0.584. The summed E-state index contributed by atoms with van der Waals surface area (Å²) in [6.45, 7) is 11.1. The first-order valence-corrected chi connectivity index (χ1v) is 11.5. The third kappa shape index (κ3) is 4.52. The van der Waals surface area contributed by atoms with Crippen molar-refractivity contribution in [1.82, 2.24) is 0 Å². The summed E-state index contributed by atoms with van der Waals surface area (Å²) in [4.78, 5) is 0. The van der Waals surface area contributed by atoms with E-state index < -0.39 is 14.4 Å². The Labute approximate surface area is 165 Å². The van der Waals surface area contributed by atoms with Crippen molar-refractivity contribution in [2.24, 2.45) is 11.8 Å². The Morgan fingerprint density at radius 3 is 1.78 bits per heavy atom. The van der Waals surface area contributed by atoms with Gasteiger partial charge in [-0.3, -0.25) is 0 Å². The van der Waals surface area contributed by atoms with Gasteiger partial charge in [0.1, 0.15) is 0 Å². The van der Waals surface area contributed by atoms with Crippen molar-refractivity contribution in [2.45, 2.75) is 45.8 Å². The van der Waals surface area contributed by atoms with Crippen LogP contribution < -0.4 is 10.4 Å². The van der Waals surface area contributed by atoms with Gasteiger partial charge in [-0.1, -0.05) is 88.4 Å². The summed E-state index contributed by atoms with van der Waals surface area (Å²) in [6.07, 6.45) is 4.93. The lowest BCUT2D eigenvalue weighted by Gasteiger charge is -2.44. The molecule has 3 atom stereocenters. The van der Waals surface area contributed by atoms with Crippen LogP contribution in [-0.4, -0.2) is 26.1 Å². The number of hydrogen-bond donors (Lipinski definition) is 1. The molecular formula is C24H32O2Si. The van der Waals surface area contributed by atoms with E-state index in [1.54, 1.807) is 0 Å². The van der Waals surface area contributed by atoms with Gasteiger partial charge >= 0.3 is 0 Å². The Morgan fingerprint density at radius 2 is 1.41 bits per heavy atom. The average molecular weight is 381 g/mol. The molecule has 0 fully saturated rings. The monoisotopic (exact) mass is 380 g/mol. The molecule has 0 unspecified atom stereocenters. The number of benzene rings is 2.